The molecule has 0 aromatic heterocycles. The molecule has 0 atom stereocenters. The number of benzene rings is 2. The number of amides is 1. The van der Waals surface area contributed by atoms with Gasteiger partial charge in [0.2, 0.25) is 0 Å². The number of phenolic OH excluding ortho intramolecular Hbond substituents is 1. The summed E-state index contributed by atoms with van der Waals surface area (Å²) in [5.41, 5.74) is 3.19. The Bertz CT molecular complexity index is 686. The van der Waals surface area contributed by atoms with E-state index in [4.69, 9.17) is 16.3 Å². The zero-order valence-corrected chi connectivity index (χ0v) is 12.0. The molecule has 0 aliphatic rings. The van der Waals surface area contributed by atoms with Crippen LogP contribution in [0, 0.1) is 0 Å². The van der Waals surface area contributed by atoms with Gasteiger partial charge in [-0.1, -0.05) is 23.7 Å². The SMILES string of the molecule is COc1cccc(/C=N\NC(=O)c2cccc(Cl)c2)c1O. The maximum atomic E-state index is 11.8. The molecule has 0 spiro atoms. The number of methoxy groups -OCH3 is 1. The van der Waals surface area contributed by atoms with E-state index in [9.17, 15) is 9.90 Å². The largest absolute Gasteiger partial charge is 0.504 e. The summed E-state index contributed by atoms with van der Waals surface area (Å²) in [7, 11) is 1.46. The van der Waals surface area contributed by atoms with Crippen molar-refractivity contribution in [1.29, 1.82) is 0 Å². The smallest absolute Gasteiger partial charge is 0.271 e. The number of hydrazone groups is 1. The third kappa shape index (κ3) is 3.73. The third-order valence-corrected chi connectivity index (χ3v) is 2.94. The van der Waals surface area contributed by atoms with Crippen LogP contribution >= 0.6 is 11.6 Å². The van der Waals surface area contributed by atoms with Gasteiger partial charge in [0, 0.05) is 16.1 Å². The van der Waals surface area contributed by atoms with Crippen LogP contribution in [-0.2, 0) is 0 Å². The molecule has 0 saturated heterocycles. The number of halogens is 1. The van der Waals surface area contributed by atoms with Gasteiger partial charge in [0.25, 0.3) is 5.91 Å². The molecule has 0 aliphatic carbocycles. The van der Waals surface area contributed by atoms with Crippen molar-refractivity contribution >= 4 is 23.7 Å². The Morgan fingerprint density at radius 3 is 2.81 bits per heavy atom. The summed E-state index contributed by atoms with van der Waals surface area (Å²) < 4.78 is 4.98. The first kappa shape index (κ1) is 14.9. The van der Waals surface area contributed by atoms with E-state index >= 15 is 0 Å². The molecule has 2 N–H and O–H groups in total. The molecule has 0 radical (unpaired) electrons. The van der Waals surface area contributed by atoms with Crippen molar-refractivity contribution in [3.05, 3.63) is 58.6 Å². The minimum absolute atomic E-state index is 0.0410. The Balaban J connectivity index is 2.07. The predicted molar refractivity (Wildman–Crippen MR) is 81.2 cm³/mol. The Kier molecular flexibility index (Phi) is 4.79. The first-order chi connectivity index (χ1) is 10.1. The van der Waals surface area contributed by atoms with E-state index in [0.717, 1.165) is 0 Å². The van der Waals surface area contributed by atoms with E-state index in [1.807, 2.05) is 0 Å². The number of hydrogen-bond acceptors (Lipinski definition) is 4. The number of nitrogens with zero attached hydrogens (tertiary/aromatic N) is 1. The molecule has 6 heteroatoms. The van der Waals surface area contributed by atoms with Crippen LogP contribution < -0.4 is 10.2 Å². The minimum Gasteiger partial charge on any atom is -0.504 e. The minimum atomic E-state index is -0.392. The molecule has 1 amide bonds. The molecule has 2 rings (SSSR count). The van der Waals surface area contributed by atoms with Gasteiger partial charge in [-0.05, 0) is 30.3 Å². The highest BCUT2D eigenvalue weighted by atomic mass is 35.5. The average Bonchev–Trinajstić information content (AvgIpc) is 2.49. The van der Waals surface area contributed by atoms with Crippen LogP contribution in [0.25, 0.3) is 0 Å². The molecule has 21 heavy (non-hydrogen) atoms. The highest BCUT2D eigenvalue weighted by Gasteiger charge is 2.06. The number of ether oxygens (including phenoxy) is 1. The monoisotopic (exact) mass is 304 g/mol. The van der Waals surface area contributed by atoms with Crippen LogP contribution in [0.4, 0.5) is 0 Å². The van der Waals surface area contributed by atoms with Crippen LogP contribution in [0.2, 0.25) is 5.02 Å². The van der Waals surface area contributed by atoms with Crippen molar-refractivity contribution in [3.63, 3.8) is 0 Å². The lowest BCUT2D eigenvalue weighted by Crippen LogP contribution is -2.17. The van der Waals surface area contributed by atoms with E-state index in [0.29, 0.717) is 21.9 Å². The van der Waals surface area contributed by atoms with Gasteiger partial charge in [0.15, 0.2) is 11.5 Å². The third-order valence-electron chi connectivity index (χ3n) is 2.71. The highest BCUT2D eigenvalue weighted by Crippen LogP contribution is 2.27. The molecule has 0 aliphatic heterocycles. The lowest BCUT2D eigenvalue weighted by Gasteiger charge is -2.05. The highest BCUT2D eigenvalue weighted by molar-refractivity contribution is 6.30. The topological polar surface area (TPSA) is 70.9 Å². The molecule has 5 nitrogen and oxygen atoms in total. The molecule has 2 aromatic rings. The lowest BCUT2D eigenvalue weighted by molar-refractivity contribution is 0.0955. The number of rotatable bonds is 4. The summed E-state index contributed by atoms with van der Waals surface area (Å²) in [4.78, 5) is 11.8. The summed E-state index contributed by atoms with van der Waals surface area (Å²) in [5.74, 6) is -0.1000. The fourth-order valence-electron chi connectivity index (χ4n) is 1.66. The van der Waals surface area contributed by atoms with Gasteiger partial charge in [-0.3, -0.25) is 4.79 Å². The first-order valence-corrected chi connectivity index (χ1v) is 6.44. The van der Waals surface area contributed by atoms with Crippen molar-refractivity contribution in [2.24, 2.45) is 5.10 Å². The second kappa shape index (κ2) is 6.76. The van der Waals surface area contributed by atoms with E-state index in [1.54, 1.807) is 36.4 Å². The van der Waals surface area contributed by atoms with Gasteiger partial charge in [0.1, 0.15) is 0 Å². The van der Waals surface area contributed by atoms with Gasteiger partial charge in [-0.15, -0.1) is 0 Å². The normalized spacial score (nSPS) is 10.6. The fraction of sp³-hybridized carbons (Fsp3) is 0.0667. The summed E-state index contributed by atoms with van der Waals surface area (Å²) in [5, 5.41) is 14.1. The van der Waals surface area contributed by atoms with Gasteiger partial charge in [-0.25, -0.2) is 5.43 Å². The van der Waals surface area contributed by atoms with Crippen LogP contribution in [-0.4, -0.2) is 24.3 Å². The Hall–Kier alpha value is -2.53. The maximum absolute atomic E-state index is 11.8. The Morgan fingerprint density at radius 1 is 1.33 bits per heavy atom. The van der Waals surface area contributed by atoms with Gasteiger partial charge < -0.3 is 9.84 Å². The van der Waals surface area contributed by atoms with Crippen molar-refractivity contribution < 1.29 is 14.6 Å². The number of hydrogen-bond donors (Lipinski definition) is 2. The second-order valence-electron chi connectivity index (χ2n) is 4.11. The first-order valence-electron chi connectivity index (χ1n) is 6.06. The van der Waals surface area contributed by atoms with Gasteiger partial charge in [0.05, 0.1) is 13.3 Å². The predicted octanol–water partition coefficient (Wildman–Crippen LogP) is 2.82. The molecular weight excluding hydrogens is 292 g/mol. The number of nitrogens with one attached hydrogen (secondary N) is 1. The number of para-hydroxylation sites is 1. The molecule has 108 valence electrons. The van der Waals surface area contributed by atoms with Crippen molar-refractivity contribution in [1.82, 2.24) is 5.43 Å². The summed E-state index contributed by atoms with van der Waals surface area (Å²) in [6, 6.07) is 11.5. The zero-order chi connectivity index (χ0) is 15.2. The second-order valence-corrected chi connectivity index (χ2v) is 4.54. The molecule has 2 aromatic carbocycles. The maximum Gasteiger partial charge on any atom is 0.271 e. The number of aromatic hydroxyl groups is 1. The number of carbonyl (C=O) groups excluding carboxylic acids is 1. The molecular formula is C15H13ClN2O3. The Labute approximate surface area is 126 Å². The fourth-order valence-corrected chi connectivity index (χ4v) is 1.85. The molecule has 0 unspecified atom stereocenters. The average molecular weight is 305 g/mol. The van der Waals surface area contributed by atoms with Crippen LogP contribution in [0.5, 0.6) is 11.5 Å². The van der Waals surface area contributed by atoms with Crippen LogP contribution in [0.3, 0.4) is 0 Å². The zero-order valence-electron chi connectivity index (χ0n) is 11.2. The quantitative estimate of drug-likeness (QED) is 0.674. The molecule has 0 fully saturated rings. The Morgan fingerprint density at radius 2 is 2.10 bits per heavy atom. The summed E-state index contributed by atoms with van der Waals surface area (Å²) in [6.45, 7) is 0. The van der Waals surface area contributed by atoms with Crippen LogP contribution in [0.15, 0.2) is 47.6 Å². The van der Waals surface area contributed by atoms with Crippen molar-refractivity contribution in [3.8, 4) is 11.5 Å². The number of phenols is 1. The molecule has 0 saturated carbocycles. The summed E-state index contributed by atoms with van der Waals surface area (Å²) >= 11 is 5.81. The van der Waals surface area contributed by atoms with E-state index < -0.39 is 5.91 Å². The van der Waals surface area contributed by atoms with E-state index in [1.165, 1.54) is 19.4 Å². The molecule has 0 heterocycles. The van der Waals surface area contributed by atoms with Gasteiger partial charge in [-0.2, -0.15) is 5.10 Å². The van der Waals surface area contributed by atoms with Gasteiger partial charge >= 0.3 is 0 Å². The standard InChI is InChI=1S/C15H13ClN2O3/c1-21-13-7-3-5-11(14(13)19)9-17-18-15(20)10-4-2-6-12(16)8-10/h2-9,19H,1H3,(H,18,20)/b17-9-. The van der Waals surface area contributed by atoms with E-state index in [-0.39, 0.29) is 5.75 Å². The van der Waals surface area contributed by atoms with E-state index in [2.05, 4.69) is 10.5 Å². The van der Waals surface area contributed by atoms with Crippen molar-refractivity contribution in [2.45, 2.75) is 0 Å². The number of carbonyl (C=O) groups is 1. The lowest BCUT2D eigenvalue weighted by atomic mass is 10.2. The summed E-state index contributed by atoms with van der Waals surface area (Å²) in [6.07, 6.45) is 1.33. The van der Waals surface area contributed by atoms with Crippen molar-refractivity contribution in [2.75, 3.05) is 7.11 Å². The van der Waals surface area contributed by atoms with Crippen LogP contribution in [0.1, 0.15) is 15.9 Å². The molecule has 0 bridgehead atoms.